The monoisotopic (exact) mass is 483 g/mol. The molecule has 4 rings (SSSR count). The van der Waals surface area contributed by atoms with Crippen LogP contribution in [0, 0.1) is 11.6 Å². The molecule has 0 amide bonds. The molecule has 4 aromatic rings. The summed E-state index contributed by atoms with van der Waals surface area (Å²) in [5.74, 6) is -1.56. The van der Waals surface area contributed by atoms with E-state index < -0.39 is 21.5 Å². The Hall–Kier alpha value is -2.25. The molecule has 0 saturated heterocycles. The number of aromatic nitrogens is 1. The summed E-state index contributed by atoms with van der Waals surface area (Å²) in [6.45, 7) is 0. The Kier molecular flexibility index (Phi) is 5.45. The van der Waals surface area contributed by atoms with E-state index in [-0.39, 0.29) is 30.9 Å². The number of halogens is 5. The van der Waals surface area contributed by atoms with Crippen molar-refractivity contribution in [3.05, 3.63) is 87.5 Å². The van der Waals surface area contributed by atoms with Gasteiger partial charge in [-0.3, -0.25) is 4.98 Å². The van der Waals surface area contributed by atoms with Crippen LogP contribution in [0.2, 0.25) is 15.1 Å². The summed E-state index contributed by atoms with van der Waals surface area (Å²) in [6.07, 6.45) is 1.11. The lowest BCUT2D eigenvalue weighted by atomic mass is 10.0. The van der Waals surface area contributed by atoms with Gasteiger partial charge in [0.15, 0.2) is 0 Å². The van der Waals surface area contributed by atoms with Gasteiger partial charge >= 0.3 is 0 Å². The van der Waals surface area contributed by atoms with Gasteiger partial charge in [0.2, 0.25) is 9.84 Å². The molecule has 30 heavy (non-hydrogen) atoms. The predicted octanol–water partition coefficient (Wildman–Crippen LogP) is 6.97. The fraction of sp³-hybridized carbons (Fsp3) is 0. The second kappa shape index (κ2) is 7.78. The molecule has 3 nitrogen and oxygen atoms in total. The number of pyridine rings is 1. The van der Waals surface area contributed by atoms with Gasteiger partial charge in [-0.15, -0.1) is 0 Å². The minimum Gasteiger partial charge on any atom is -0.255 e. The first-order valence-electron chi connectivity index (χ1n) is 8.42. The van der Waals surface area contributed by atoms with Gasteiger partial charge in [-0.1, -0.05) is 46.9 Å². The van der Waals surface area contributed by atoms with Crippen LogP contribution in [0.25, 0.3) is 22.0 Å². The Morgan fingerprint density at radius 1 is 0.800 bits per heavy atom. The molecule has 0 aliphatic carbocycles. The molecular weight excluding hydrogens is 475 g/mol. The molecular formula is C21H10Cl3F2NO2S. The summed E-state index contributed by atoms with van der Waals surface area (Å²) in [6, 6.07) is 12.1. The molecule has 0 N–H and O–H groups in total. The van der Waals surface area contributed by atoms with Gasteiger partial charge in [0.1, 0.15) is 11.6 Å². The van der Waals surface area contributed by atoms with Gasteiger partial charge < -0.3 is 0 Å². The second-order valence-electron chi connectivity index (χ2n) is 6.37. The highest BCUT2D eigenvalue weighted by Gasteiger charge is 2.26. The number of nitrogens with zero attached hydrogens (tertiary/aromatic N) is 1. The van der Waals surface area contributed by atoms with Crippen molar-refractivity contribution in [2.24, 2.45) is 0 Å². The highest BCUT2D eigenvalue weighted by atomic mass is 35.5. The summed E-state index contributed by atoms with van der Waals surface area (Å²) in [7, 11) is -4.21. The normalized spacial score (nSPS) is 11.8. The lowest BCUT2D eigenvalue weighted by Gasteiger charge is -2.14. The molecule has 9 heteroatoms. The molecule has 0 aliphatic rings. The summed E-state index contributed by atoms with van der Waals surface area (Å²) in [4.78, 5) is 3.60. The van der Waals surface area contributed by atoms with Crippen LogP contribution >= 0.6 is 34.8 Å². The Morgan fingerprint density at radius 3 is 2.13 bits per heavy atom. The number of rotatable bonds is 3. The number of sulfone groups is 1. The van der Waals surface area contributed by atoms with E-state index in [1.54, 1.807) is 24.3 Å². The maximum absolute atomic E-state index is 14.0. The molecule has 3 aromatic carbocycles. The van der Waals surface area contributed by atoms with Crippen LogP contribution in [-0.2, 0) is 9.84 Å². The highest BCUT2D eigenvalue weighted by Crippen LogP contribution is 2.38. The van der Waals surface area contributed by atoms with Crippen molar-refractivity contribution in [2.75, 3.05) is 0 Å². The molecule has 0 atom stereocenters. The Labute approximate surface area is 185 Å². The summed E-state index contributed by atoms with van der Waals surface area (Å²) >= 11 is 17.6. The first-order chi connectivity index (χ1) is 14.2. The van der Waals surface area contributed by atoms with Crippen molar-refractivity contribution < 1.29 is 17.2 Å². The standard InChI is InChI=1S/C21H10Cl3F2NO2S/c22-12-3-1-11(2-4-12)21-14-8-16(24)18(26)9-19(14)27-10-20(21)30(28,29)13-5-6-15(23)17(25)7-13/h1-10H. The van der Waals surface area contributed by atoms with Crippen LogP contribution in [0.15, 0.2) is 70.6 Å². The molecule has 0 fully saturated rings. The van der Waals surface area contributed by atoms with Gasteiger partial charge in [-0.05, 0) is 42.0 Å². The van der Waals surface area contributed by atoms with E-state index in [0.717, 1.165) is 24.4 Å². The van der Waals surface area contributed by atoms with Crippen molar-refractivity contribution in [2.45, 2.75) is 9.79 Å². The highest BCUT2D eigenvalue weighted by molar-refractivity contribution is 7.91. The topological polar surface area (TPSA) is 47.0 Å². The quantitative estimate of drug-likeness (QED) is 0.315. The van der Waals surface area contributed by atoms with Gasteiger partial charge in [0.25, 0.3) is 0 Å². The van der Waals surface area contributed by atoms with Crippen molar-refractivity contribution in [3.8, 4) is 11.1 Å². The van der Waals surface area contributed by atoms with Crippen LogP contribution < -0.4 is 0 Å². The first-order valence-corrected chi connectivity index (χ1v) is 11.0. The second-order valence-corrected chi connectivity index (χ2v) is 9.54. The van der Waals surface area contributed by atoms with Crippen LogP contribution in [0.3, 0.4) is 0 Å². The van der Waals surface area contributed by atoms with Crippen LogP contribution in [0.4, 0.5) is 8.78 Å². The minimum absolute atomic E-state index is 0.188. The lowest BCUT2D eigenvalue weighted by molar-refractivity contribution is 0.591. The number of fused-ring (bicyclic) bond motifs is 1. The molecule has 0 saturated carbocycles. The molecule has 1 aromatic heterocycles. The summed E-state index contributed by atoms with van der Waals surface area (Å²) in [5.41, 5.74) is 0.944. The van der Waals surface area contributed by atoms with Crippen LogP contribution in [-0.4, -0.2) is 13.4 Å². The fourth-order valence-corrected chi connectivity index (χ4v) is 4.91. The lowest BCUT2D eigenvalue weighted by Crippen LogP contribution is -2.06. The van der Waals surface area contributed by atoms with E-state index in [9.17, 15) is 17.2 Å². The average molecular weight is 485 g/mol. The third-order valence-corrected chi connectivity index (χ3v) is 7.11. The third-order valence-electron chi connectivity index (χ3n) is 4.50. The van der Waals surface area contributed by atoms with E-state index in [2.05, 4.69) is 4.98 Å². The van der Waals surface area contributed by atoms with Crippen LogP contribution in [0.1, 0.15) is 0 Å². The van der Waals surface area contributed by atoms with Crippen molar-refractivity contribution in [1.82, 2.24) is 4.98 Å². The molecule has 0 unspecified atom stereocenters. The molecule has 0 bridgehead atoms. The molecule has 0 spiro atoms. The molecule has 1 heterocycles. The van der Waals surface area contributed by atoms with Crippen molar-refractivity contribution in [1.29, 1.82) is 0 Å². The van der Waals surface area contributed by atoms with Crippen LogP contribution in [0.5, 0.6) is 0 Å². The zero-order valence-corrected chi connectivity index (χ0v) is 17.9. The predicted molar refractivity (Wildman–Crippen MR) is 114 cm³/mol. The van der Waals surface area contributed by atoms with Gasteiger partial charge in [0, 0.05) is 28.2 Å². The average Bonchev–Trinajstić information content (AvgIpc) is 2.71. The van der Waals surface area contributed by atoms with E-state index in [1.807, 2.05) is 0 Å². The Balaban J connectivity index is 2.09. The van der Waals surface area contributed by atoms with Gasteiger partial charge in [-0.2, -0.15) is 0 Å². The Bertz CT molecular complexity index is 1410. The number of hydrogen-bond donors (Lipinski definition) is 0. The minimum atomic E-state index is -4.21. The SMILES string of the molecule is O=S(=O)(c1ccc(Cl)c(F)c1)c1cnc2cc(F)c(Cl)cc2c1-c1ccc(Cl)cc1. The van der Waals surface area contributed by atoms with Gasteiger partial charge in [0.05, 0.1) is 25.4 Å². The van der Waals surface area contributed by atoms with E-state index >= 15 is 0 Å². The smallest absolute Gasteiger partial charge is 0.208 e. The zero-order chi connectivity index (χ0) is 21.6. The molecule has 0 radical (unpaired) electrons. The largest absolute Gasteiger partial charge is 0.255 e. The summed E-state index contributed by atoms with van der Waals surface area (Å²) in [5, 5.41) is 0.377. The zero-order valence-electron chi connectivity index (χ0n) is 14.8. The molecule has 152 valence electrons. The van der Waals surface area contributed by atoms with E-state index in [0.29, 0.717) is 16.0 Å². The maximum atomic E-state index is 14.0. The third kappa shape index (κ3) is 3.65. The van der Waals surface area contributed by atoms with E-state index in [1.165, 1.54) is 12.1 Å². The molecule has 0 aliphatic heterocycles. The first kappa shape index (κ1) is 21.0. The van der Waals surface area contributed by atoms with E-state index in [4.69, 9.17) is 34.8 Å². The number of benzene rings is 3. The fourth-order valence-electron chi connectivity index (χ4n) is 3.06. The van der Waals surface area contributed by atoms with Crippen molar-refractivity contribution >= 4 is 55.5 Å². The Morgan fingerprint density at radius 2 is 1.47 bits per heavy atom. The van der Waals surface area contributed by atoms with Gasteiger partial charge in [-0.25, -0.2) is 17.2 Å². The number of hydrogen-bond acceptors (Lipinski definition) is 3. The summed E-state index contributed by atoms with van der Waals surface area (Å²) < 4.78 is 54.7. The maximum Gasteiger partial charge on any atom is 0.208 e. The van der Waals surface area contributed by atoms with Crippen molar-refractivity contribution in [3.63, 3.8) is 0 Å².